The number of carbonyl (C=O) groups is 1. The third-order valence-corrected chi connectivity index (χ3v) is 6.74. The maximum Gasteiger partial charge on any atom is 0.244 e. The van der Waals surface area contributed by atoms with Gasteiger partial charge >= 0.3 is 0 Å². The van der Waals surface area contributed by atoms with Crippen LogP contribution in [0.25, 0.3) is 16.6 Å². The van der Waals surface area contributed by atoms with E-state index in [-0.39, 0.29) is 18.0 Å². The van der Waals surface area contributed by atoms with Crippen molar-refractivity contribution < 1.29 is 9.53 Å². The molecule has 0 radical (unpaired) electrons. The van der Waals surface area contributed by atoms with E-state index < -0.39 is 0 Å². The van der Waals surface area contributed by atoms with Gasteiger partial charge in [-0.15, -0.1) is 11.3 Å². The zero-order chi connectivity index (χ0) is 22.3. The van der Waals surface area contributed by atoms with Crippen molar-refractivity contribution in [3.8, 4) is 10.6 Å². The van der Waals surface area contributed by atoms with Gasteiger partial charge in [-0.2, -0.15) is 5.10 Å². The van der Waals surface area contributed by atoms with Crippen molar-refractivity contribution in [2.24, 2.45) is 0 Å². The first-order chi connectivity index (χ1) is 15.6. The Bertz CT molecular complexity index is 1020. The highest BCUT2D eigenvalue weighted by molar-refractivity contribution is 7.13. The van der Waals surface area contributed by atoms with Crippen LogP contribution < -0.4 is 5.32 Å². The van der Waals surface area contributed by atoms with E-state index in [2.05, 4.69) is 42.3 Å². The summed E-state index contributed by atoms with van der Waals surface area (Å²) in [7, 11) is 0. The molecule has 1 amide bonds. The summed E-state index contributed by atoms with van der Waals surface area (Å²) in [4.78, 5) is 16.1. The molecule has 2 atom stereocenters. The van der Waals surface area contributed by atoms with Gasteiger partial charge in [0.05, 0.1) is 24.6 Å². The van der Waals surface area contributed by atoms with Crippen LogP contribution in [0.4, 0.5) is 0 Å². The predicted molar refractivity (Wildman–Crippen MR) is 130 cm³/mol. The van der Waals surface area contributed by atoms with Crippen LogP contribution in [0.5, 0.6) is 0 Å². The molecular weight excluding hydrogens is 420 g/mol. The van der Waals surface area contributed by atoms with Crippen LogP contribution in [0.3, 0.4) is 0 Å². The number of hydrogen-bond donors (Lipinski definition) is 1. The number of morpholine rings is 1. The number of hydrogen-bond acceptors (Lipinski definition) is 5. The summed E-state index contributed by atoms with van der Waals surface area (Å²) in [5, 5.41) is 9.96. The quantitative estimate of drug-likeness (QED) is 0.529. The van der Waals surface area contributed by atoms with Crippen LogP contribution >= 0.6 is 11.3 Å². The Morgan fingerprint density at radius 3 is 2.69 bits per heavy atom. The number of carbonyl (C=O) groups excluding carboxylic acids is 1. The molecule has 168 valence electrons. The minimum Gasteiger partial charge on any atom is -0.379 e. The highest BCUT2D eigenvalue weighted by atomic mass is 32.1. The average molecular weight is 451 g/mol. The van der Waals surface area contributed by atoms with Crippen molar-refractivity contribution in [2.75, 3.05) is 26.3 Å². The van der Waals surface area contributed by atoms with Crippen molar-refractivity contribution in [1.82, 2.24) is 20.0 Å². The van der Waals surface area contributed by atoms with E-state index in [4.69, 9.17) is 9.84 Å². The Balaban J connectivity index is 1.45. The fourth-order valence-corrected chi connectivity index (χ4v) is 4.61. The molecular formula is C25H30N4O2S. The number of amides is 1. The number of thiophene rings is 1. The van der Waals surface area contributed by atoms with Crippen molar-refractivity contribution in [3.05, 3.63) is 71.2 Å². The number of benzene rings is 1. The standard InChI is InChI=1S/C25H30N4O2S/c1-19(20(2)28-12-14-31-15-13-28)26-24(30)11-10-22-18-29(17-21-7-4-3-5-8-21)27-25(22)23-9-6-16-32-23/h3-11,16,18-20H,12-15,17H2,1-2H3,(H,26,30)/b11-10+. The molecule has 0 bridgehead atoms. The molecule has 0 aliphatic carbocycles. The van der Waals surface area contributed by atoms with Gasteiger partial charge in [0.15, 0.2) is 0 Å². The van der Waals surface area contributed by atoms with E-state index >= 15 is 0 Å². The monoisotopic (exact) mass is 450 g/mol. The van der Waals surface area contributed by atoms with Crippen molar-refractivity contribution in [3.63, 3.8) is 0 Å². The molecule has 0 spiro atoms. The largest absolute Gasteiger partial charge is 0.379 e. The normalized spacial score (nSPS) is 16.8. The lowest BCUT2D eigenvalue weighted by atomic mass is 10.1. The Hall–Kier alpha value is -2.74. The molecule has 3 heterocycles. The fraction of sp³-hybridized carbons (Fsp3) is 0.360. The number of nitrogens with zero attached hydrogens (tertiary/aromatic N) is 3. The van der Waals surface area contributed by atoms with E-state index in [1.165, 1.54) is 5.56 Å². The summed E-state index contributed by atoms with van der Waals surface area (Å²) in [6.45, 7) is 8.22. The van der Waals surface area contributed by atoms with Gasteiger partial charge in [-0.3, -0.25) is 14.4 Å². The third kappa shape index (κ3) is 5.73. The summed E-state index contributed by atoms with van der Waals surface area (Å²) in [6, 6.07) is 14.6. The fourth-order valence-electron chi connectivity index (χ4n) is 3.87. The number of ether oxygens (including phenoxy) is 1. The number of rotatable bonds is 8. The minimum atomic E-state index is -0.0921. The van der Waals surface area contributed by atoms with Crippen LogP contribution in [0.1, 0.15) is 25.0 Å². The topological polar surface area (TPSA) is 59.4 Å². The van der Waals surface area contributed by atoms with Crippen LogP contribution in [0.2, 0.25) is 0 Å². The smallest absolute Gasteiger partial charge is 0.244 e. The second-order valence-electron chi connectivity index (χ2n) is 8.11. The lowest BCUT2D eigenvalue weighted by Crippen LogP contribution is -2.51. The first kappa shape index (κ1) is 22.5. The van der Waals surface area contributed by atoms with E-state index in [9.17, 15) is 4.79 Å². The van der Waals surface area contributed by atoms with E-state index in [0.717, 1.165) is 42.4 Å². The van der Waals surface area contributed by atoms with Gasteiger partial charge in [0, 0.05) is 43.0 Å². The highest BCUT2D eigenvalue weighted by Gasteiger charge is 2.22. The summed E-state index contributed by atoms with van der Waals surface area (Å²) < 4.78 is 7.37. The molecule has 1 fully saturated rings. The zero-order valence-corrected chi connectivity index (χ0v) is 19.4. The van der Waals surface area contributed by atoms with Crippen LogP contribution in [0.15, 0.2) is 60.1 Å². The third-order valence-electron chi connectivity index (χ3n) is 5.86. The van der Waals surface area contributed by atoms with Crippen molar-refractivity contribution >= 4 is 23.3 Å². The highest BCUT2D eigenvalue weighted by Crippen LogP contribution is 2.27. The summed E-state index contributed by atoms with van der Waals surface area (Å²) >= 11 is 1.65. The van der Waals surface area contributed by atoms with Crippen molar-refractivity contribution in [2.45, 2.75) is 32.5 Å². The molecule has 4 rings (SSSR count). The van der Waals surface area contributed by atoms with Crippen molar-refractivity contribution in [1.29, 1.82) is 0 Å². The maximum absolute atomic E-state index is 12.6. The van der Waals surface area contributed by atoms with Gasteiger partial charge in [0.25, 0.3) is 0 Å². The number of aromatic nitrogens is 2. The van der Waals surface area contributed by atoms with Gasteiger partial charge in [0.1, 0.15) is 5.69 Å². The molecule has 2 unspecified atom stereocenters. The molecule has 6 nitrogen and oxygen atoms in total. The lowest BCUT2D eigenvalue weighted by Gasteiger charge is -2.35. The zero-order valence-electron chi connectivity index (χ0n) is 18.6. The van der Waals surface area contributed by atoms with E-state index in [1.807, 2.05) is 46.6 Å². The van der Waals surface area contributed by atoms with Gasteiger partial charge in [-0.1, -0.05) is 36.4 Å². The van der Waals surface area contributed by atoms with E-state index in [0.29, 0.717) is 6.54 Å². The Morgan fingerprint density at radius 1 is 1.19 bits per heavy atom. The molecule has 1 aliphatic rings. The van der Waals surface area contributed by atoms with Gasteiger partial charge in [-0.25, -0.2) is 0 Å². The minimum absolute atomic E-state index is 0.0443. The molecule has 1 saturated heterocycles. The lowest BCUT2D eigenvalue weighted by molar-refractivity contribution is -0.117. The molecule has 1 aliphatic heterocycles. The second kappa shape index (κ2) is 10.7. The van der Waals surface area contributed by atoms with Crippen LogP contribution in [-0.4, -0.2) is 59.0 Å². The number of nitrogens with one attached hydrogen (secondary N) is 1. The van der Waals surface area contributed by atoms with Gasteiger partial charge in [0.2, 0.25) is 5.91 Å². The molecule has 32 heavy (non-hydrogen) atoms. The molecule has 1 N–H and O–H groups in total. The molecule has 3 aromatic rings. The van der Waals surface area contributed by atoms with Gasteiger partial charge < -0.3 is 10.1 Å². The Labute approximate surface area is 193 Å². The van der Waals surface area contributed by atoms with Crippen LogP contribution in [-0.2, 0) is 16.1 Å². The average Bonchev–Trinajstić information content (AvgIpc) is 3.48. The Kier molecular flexibility index (Phi) is 7.52. The Morgan fingerprint density at radius 2 is 1.97 bits per heavy atom. The second-order valence-corrected chi connectivity index (χ2v) is 9.06. The van der Waals surface area contributed by atoms with Gasteiger partial charge in [-0.05, 0) is 36.9 Å². The summed E-state index contributed by atoms with van der Waals surface area (Å²) in [6.07, 6.45) is 5.49. The van der Waals surface area contributed by atoms with Crippen LogP contribution in [0, 0.1) is 0 Å². The summed E-state index contributed by atoms with van der Waals surface area (Å²) in [5.74, 6) is -0.0921. The molecule has 2 aromatic heterocycles. The SMILES string of the molecule is CC(NC(=O)/C=C/c1cn(Cc2ccccc2)nc1-c1cccs1)C(C)N1CCOCC1. The molecule has 0 saturated carbocycles. The first-order valence-corrected chi connectivity index (χ1v) is 11.9. The first-order valence-electron chi connectivity index (χ1n) is 11.1. The molecule has 1 aromatic carbocycles. The predicted octanol–water partition coefficient (Wildman–Crippen LogP) is 3.90. The maximum atomic E-state index is 12.6. The summed E-state index contributed by atoms with van der Waals surface area (Å²) in [5.41, 5.74) is 3.02. The molecule has 7 heteroatoms. The van der Waals surface area contributed by atoms with E-state index in [1.54, 1.807) is 17.4 Å².